The van der Waals surface area contributed by atoms with Crippen LogP contribution in [0.2, 0.25) is 0 Å². The van der Waals surface area contributed by atoms with Crippen molar-refractivity contribution >= 4 is 39.4 Å². The van der Waals surface area contributed by atoms with Gasteiger partial charge in [0.25, 0.3) is 15.9 Å². The van der Waals surface area contributed by atoms with Crippen molar-refractivity contribution in [2.24, 2.45) is 0 Å². The highest BCUT2D eigenvalue weighted by Crippen LogP contribution is 2.21. The van der Waals surface area contributed by atoms with Gasteiger partial charge in [-0.2, -0.15) is 28.1 Å². The molecule has 3 aromatic rings. The third kappa shape index (κ3) is 10.7. The molecule has 1 aromatic heterocycles. The van der Waals surface area contributed by atoms with Gasteiger partial charge in [0.2, 0.25) is 17.8 Å². The van der Waals surface area contributed by atoms with Crippen LogP contribution in [0.15, 0.2) is 60.0 Å². The number of hydrogen-bond acceptors (Lipinski definition) is 11. The van der Waals surface area contributed by atoms with Crippen LogP contribution in [0, 0.1) is 0 Å². The minimum atomic E-state index is -4.61. The van der Waals surface area contributed by atoms with Gasteiger partial charge in [0.05, 0.1) is 5.41 Å². The lowest BCUT2D eigenvalue weighted by Gasteiger charge is -2.12. The lowest BCUT2D eigenvalue weighted by Crippen LogP contribution is -2.29. The number of halogens is 3. The summed E-state index contributed by atoms with van der Waals surface area (Å²) in [7, 11) is -4.01. The Hall–Kier alpha value is -4.93. The van der Waals surface area contributed by atoms with E-state index in [2.05, 4.69) is 30.9 Å². The molecule has 3 aliphatic heterocycles. The maximum absolute atomic E-state index is 12.8. The zero-order valence-electron chi connectivity index (χ0n) is 23.1. The molecule has 17 heteroatoms. The van der Waals surface area contributed by atoms with Gasteiger partial charge >= 0.3 is 12.2 Å². The van der Waals surface area contributed by atoms with Crippen molar-refractivity contribution in [1.82, 2.24) is 25.0 Å². The lowest BCUT2D eigenvalue weighted by atomic mass is 10.2. The van der Waals surface area contributed by atoms with Gasteiger partial charge in [-0.3, -0.25) is 9.59 Å². The van der Waals surface area contributed by atoms with Crippen LogP contribution >= 0.6 is 0 Å². The molecule has 234 valence electrons. The molecule has 2 amide bonds. The third-order valence-corrected chi connectivity index (χ3v) is 6.81. The molecule has 0 aliphatic carbocycles. The smallest absolute Gasteiger partial charge is 0.422 e. The minimum absolute atomic E-state index is 0.0528. The van der Waals surface area contributed by atoms with Gasteiger partial charge in [-0.15, -0.1) is 0 Å². The maximum Gasteiger partial charge on any atom is 0.422 e. The molecule has 6 bridgehead atoms. The second-order valence-corrected chi connectivity index (χ2v) is 10.9. The third-order valence-electron chi connectivity index (χ3n) is 5.75. The van der Waals surface area contributed by atoms with E-state index in [-0.39, 0.29) is 43.9 Å². The summed E-state index contributed by atoms with van der Waals surface area (Å²) in [5.41, 5.74) is 1.49. The summed E-state index contributed by atoms with van der Waals surface area (Å²) in [6.07, 6.45) is -2.66. The number of carbonyl (C=O) groups excluding carboxylic acids is 2. The number of amides is 2. The first-order valence-electron chi connectivity index (χ1n) is 13.2. The fourth-order valence-corrected chi connectivity index (χ4v) is 4.51. The molecular formula is C27H28F3N7O6S. The van der Waals surface area contributed by atoms with E-state index in [0.717, 1.165) is 11.0 Å². The van der Waals surface area contributed by atoms with E-state index >= 15 is 0 Å². The first-order valence-corrected chi connectivity index (χ1v) is 14.8. The van der Waals surface area contributed by atoms with E-state index in [1.807, 2.05) is 4.72 Å². The fourth-order valence-electron chi connectivity index (χ4n) is 3.69. The molecule has 44 heavy (non-hydrogen) atoms. The Bertz CT molecular complexity index is 1580. The number of alkyl halides is 3. The van der Waals surface area contributed by atoms with E-state index in [1.165, 1.54) is 18.2 Å². The van der Waals surface area contributed by atoms with Gasteiger partial charge < -0.3 is 25.4 Å². The average Bonchev–Trinajstić information content (AvgIpc) is 2.97. The predicted octanol–water partition coefficient (Wildman–Crippen LogP) is 3.42. The highest BCUT2D eigenvalue weighted by atomic mass is 32.2. The molecule has 0 fully saturated rings. The topological polar surface area (TPSA) is 174 Å². The van der Waals surface area contributed by atoms with Gasteiger partial charge in [-0.25, -0.2) is 13.1 Å². The van der Waals surface area contributed by atoms with Crippen molar-refractivity contribution in [3.8, 4) is 11.8 Å². The summed E-state index contributed by atoms with van der Waals surface area (Å²) in [5, 5.41) is 9.32. The zero-order valence-corrected chi connectivity index (χ0v) is 23.9. The van der Waals surface area contributed by atoms with Crippen LogP contribution in [-0.4, -0.2) is 61.1 Å². The van der Waals surface area contributed by atoms with Gasteiger partial charge in [0.15, 0.2) is 6.61 Å². The lowest BCUT2D eigenvalue weighted by molar-refractivity contribution is -0.154. The Morgan fingerprint density at radius 2 is 1.64 bits per heavy atom. The van der Waals surface area contributed by atoms with E-state index in [1.54, 1.807) is 36.4 Å². The molecule has 3 aliphatic rings. The second kappa shape index (κ2) is 14.5. The number of aromatic nitrogens is 3. The number of benzene rings is 2. The number of anilines is 3. The molecule has 0 radical (unpaired) electrons. The minimum Gasteiger partial charge on any atom is -0.490 e. The van der Waals surface area contributed by atoms with Gasteiger partial charge in [0, 0.05) is 30.8 Å². The van der Waals surface area contributed by atoms with Crippen LogP contribution in [0.25, 0.3) is 0 Å². The first-order chi connectivity index (χ1) is 20.9. The second-order valence-electron chi connectivity index (χ2n) is 9.33. The number of hydrogen-bond donors (Lipinski definition) is 4. The van der Waals surface area contributed by atoms with Crippen molar-refractivity contribution < 1.29 is 40.7 Å². The van der Waals surface area contributed by atoms with Crippen LogP contribution in [-0.2, 0) is 21.4 Å². The van der Waals surface area contributed by atoms with Crippen LogP contribution in [0.4, 0.5) is 30.8 Å². The molecule has 0 saturated carbocycles. The summed E-state index contributed by atoms with van der Waals surface area (Å²) >= 11 is 0. The fraction of sp³-hybridized carbons (Fsp3) is 0.296. The molecule has 0 unspecified atom stereocenters. The number of nitrogens with zero attached hydrogens (tertiary/aromatic N) is 3. The van der Waals surface area contributed by atoms with Gasteiger partial charge in [-0.1, -0.05) is 12.1 Å². The molecule has 2 aromatic carbocycles. The van der Waals surface area contributed by atoms with Crippen LogP contribution in [0.3, 0.4) is 0 Å². The standard InChI is InChI=1S/C27H28F3N7O6S/c28-27(29,30)17-43-26-35-24-32-16-18-5-11-21(12-6-18)42-14-3-15-44(40,41)37-22(38)4-1-2-13-31-23(39)19-7-9-20(10-8-19)33-25(34-24)36-26/h3,5-12,15H,1-2,4,13-14,16-17H2,(H,31,39)(H,37,38)(H2,32,33,34,35,36)/b15-3-. The largest absolute Gasteiger partial charge is 0.490 e. The van der Waals surface area contributed by atoms with Crippen LogP contribution < -0.4 is 30.1 Å². The van der Waals surface area contributed by atoms with Crippen molar-refractivity contribution in [3.05, 3.63) is 71.1 Å². The van der Waals surface area contributed by atoms with E-state index in [0.29, 0.717) is 29.8 Å². The van der Waals surface area contributed by atoms with Crippen LogP contribution in [0.1, 0.15) is 35.2 Å². The Kier molecular flexibility index (Phi) is 10.5. The number of sulfonamides is 1. The molecule has 0 atom stereocenters. The Labute approximate surface area is 250 Å². The van der Waals surface area contributed by atoms with Gasteiger partial charge in [-0.05, 0) is 60.9 Å². The van der Waals surface area contributed by atoms with E-state index < -0.39 is 34.7 Å². The first kappa shape index (κ1) is 32.0. The van der Waals surface area contributed by atoms with Crippen molar-refractivity contribution in [2.45, 2.75) is 32.0 Å². The summed E-state index contributed by atoms with van der Waals surface area (Å²) in [5.74, 6) is -0.778. The molecule has 4 N–H and O–H groups in total. The zero-order chi connectivity index (χ0) is 31.6. The summed E-state index contributed by atoms with van der Waals surface area (Å²) in [6.45, 7) is -1.27. The van der Waals surface area contributed by atoms with Gasteiger partial charge in [0.1, 0.15) is 12.4 Å². The Balaban J connectivity index is 1.54. The highest BCUT2D eigenvalue weighted by Gasteiger charge is 2.29. The quantitative estimate of drug-likeness (QED) is 0.325. The van der Waals surface area contributed by atoms with Crippen LogP contribution in [0.5, 0.6) is 11.8 Å². The molecule has 4 heterocycles. The Morgan fingerprint density at radius 1 is 0.909 bits per heavy atom. The average molecular weight is 636 g/mol. The molecule has 6 rings (SSSR count). The molecule has 0 spiro atoms. The normalized spacial score (nSPS) is 17.2. The number of ether oxygens (including phenoxy) is 2. The summed E-state index contributed by atoms with van der Waals surface area (Å²) in [6, 6.07) is 12.3. The predicted molar refractivity (Wildman–Crippen MR) is 153 cm³/mol. The number of nitrogens with one attached hydrogen (secondary N) is 4. The number of carbonyl (C=O) groups is 2. The maximum atomic E-state index is 12.8. The monoisotopic (exact) mass is 635 g/mol. The van der Waals surface area contributed by atoms with Crippen molar-refractivity contribution in [1.29, 1.82) is 0 Å². The van der Waals surface area contributed by atoms with E-state index in [4.69, 9.17) is 9.47 Å². The molecular weight excluding hydrogens is 607 g/mol. The van der Waals surface area contributed by atoms with Crippen molar-refractivity contribution in [3.63, 3.8) is 0 Å². The van der Waals surface area contributed by atoms with Crippen molar-refractivity contribution in [2.75, 3.05) is 30.4 Å². The summed E-state index contributed by atoms with van der Waals surface area (Å²) in [4.78, 5) is 36.5. The SMILES string of the molecule is O=C1CCCCNC(=O)c2ccc(cc2)Nc2nc(nc(OCC(F)(F)F)n2)NCc2ccc(cc2)OC/C=C\S(=O)(=O)N1. The molecule has 13 nitrogen and oxygen atoms in total. The number of fused-ring (bicyclic) bond motifs is 2. The summed E-state index contributed by atoms with van der Waals surface area (Å²) < 4.78 is 74.8. The molecule has 0 saturated heterocycles. The number of rotatable bonds is 2. The van der Waals surface area contributed by atoms with E-state index in [9.17, 15) is 31.2 Å². The Morgan fingerprint density at radius 3 is 2.36 bits per heavy atom. The highest BCUT2D eigenvalue weighted by molar-refractivity contribution is 7.92.